The molecule has 2 unspecified atom stereocenters. The van der Waals surface area contributed by atoms with E-state index in [0.717, 1.165) is 37.0 Å². The van der Waals surface area contributed by atoms with Crippen LogP contribution in [0, 0.1) is 5.92 Å². The molecule has 7 heteroatoms. The third kappa shape index (κ3) is 2.11. The van der Waals surface area contributed by atoms with E-state index in [2.05, 4.69) is 32.0 Å². The van der Waals surface area contributed by atoms with Gasteiger partial charge < -0.3 is 10.6 Å². The zero-order chi connectivity index (χ0) is 12.5. The van der Waals surface area contributed by atoms with Crippen LogP contribution in [-0.2, 0) is 0 Å². The molecule has 0 aliphatic carbocycles. The van der Waals surface area contributed by atoms with E-state index in [1.807, 2.05) is 5.38 Å². The molecule has 2 atom stereocenters. The van der Waals surface area contributed by atoms with Crippen molar-refractivity contribution in [2.45, 2.75) is 19.4 Å². The fraction of sp³-hybridized carbons (Fsp3) is 0.545. The van der Waals surface area contributed by atoms with Crippen LogP contribution in [0.1, 0.15) is 13.3 Å². The fourth-order valence-electron chi connectivity index (χ4n) is 2.12. The van der Waals surface area contributed by atoms with Crippen molar-refractivity contribution in [3.8, 4) is 11.5 Å². The number of piperidine rings is 1. The molecule has 0 spiro atoms. The van der Waals surface area contributed by atoms with Crippen molar-refractivity contribution in [1.82, 2.24) is 20.2 Å². The van der Waals surface area contributed by atoms with Crippen LogP contribution in [0.2, 0.25) is 0 Å². The Balaban J connectivity index is 1.77. The highest BCUT2D eigenvalue weighted by atomic mass is 32.1. The normalized spacial score (nSPS) is 24.4. The largest absolute Gasteiger partial charge is 0.338 e. The number of nitrogens with two attached hydrogens (primary N) is 1. The average molecular weight is 264 g/mol. The molecule has 0 amide bonds. The number of H-pyrrole nitrogens is 1. The number of rotatable bonds is 2. The summed E-state index contributed by atoms with van der Waals surface area (Å²) in [5.74, 6) is 2.01. The first kappa shape index (κ1) is 11.6. The van der Waals surface area contributed by atoms with Gasteiger partial charge in [0, 0.05) is 24.5 Å². The first-order valence-electron chi connectivity index (χ1n) is 6.05. The van der Waals surface area contributed by atoms with Gasteiger partial charge in [0.15, 0.2) is 5.82 Å². The van der Waals surface area contributed by atoms with Crippen LogP contribution in [-0.4, -0.2) is 39.3 Å². The zero-order valence-electron chi connectivity index (χ0n) is 10.2. The highest BCUT2D eigenvalue weighted by Crippen LogP contribution is 2.22. The molecule has 18 heavy (non-hydrogen) atoms. The molecule has 0 bridgehead atoms. The minimum Gasteiger partial charge on any atom is -0.338 e. The smallest absolute Gasteiger partial charge is 0.245 e. The van der Waals surface area contributed by atoms with E-state index in [4.69, 9.17) is 5.73 Å². The first-order chi connectivity index (χ1) is 8.74. The Morgan fingerprint density at radius 2 is 2.44 bits per heavy atom. The third-order valence-electron chi connectivity index (χ3n) is 3.45. The molecule has 1 saturated heterocycles. The molecule has 1 aliphatic heterocycles. The van der Waals surface area contributed by atoms with Crippen LogP contribution in [0.15, 0.2) is 10.9 Å². The summed E-state index contributed by atoms with van der Waals surface area (Å²) in [5.41, 5.74) is 8.72. The van der Waals surface area contributed by atoms with E-state index in [1.54, 1.807) is 16.8 Å². The molecule has 96 valence electrons. The molecule has 3 N–H and O–H groups in total. The summed E-state index contributed by atoms with van der Waals surface area (Å²) < 4.78 is 0. The van der Waals surface area contributed by atoms with Gasteiger partial charge in [0.1, 0.15) is 5.69 Å². The number of nitrogens with zero attached hydrogens (tertiary/aromatic N) is 4. The molecule has 6 nitrogen and oxygen atoms in total. The Kier molecular flexibility index (Phi) is 3.00. The van der Waals surface area contributed by atoms with E-state index >= 15 is 0 Å². The predicted molar refractivity (Wildman–Crippen MR) is 71.5 cm³/mol. The third-order valence-corrected chi connectivity index (χ3v) is 4.03. The molecule has 3 heterocycles. The van der Waals surface area contributed by atoms with Crippen molar-refractivity contribution < 1.29 is 0 Å². The Hall–Kier alpha value is -1.47. The summed E-state index contributed by atoms with van der Waals surface area (Å²) in [6, 6.07) is 0.194. The number of aromatic amines is 1. The van der Waals surface area contributed by atoms with E-state index in [-0.39, 0.29) is 6.04 Å². The second kappa shape index (κ2) is 4.66. The fourth-order valence-corrected chi connectivity index (χ4v) is 2.66. The van der Waals surface area contributed by atoms with Gasteiger partial charge >= 0.3 is 0 Å². The molecular weight excluding hydrogens is 248 g/mol. The van der Waals surface area contributed by atoms with E-state index < -0.39 is 0 Å². The van der Waals surface area contributed by atoms with E-state index in [0.29, 0.717) is 5.92 Å². The van der Waals surface area contributed by atoms with Gasteiger partial charge in [-0.3, -0.25) is 5.10 Å². The maximum Gasteiger partial charge on any atom is 0.245 e. The van der Waals surface area contributed by atoms with Crippen molar-refractivity contribution in [3.63, 3.8) is 0 Å². The zero-order valence-corrected chi connectivity index (χ0v) is 11.0. The Labute approximate surface area is 109 Å². The van der Waals surface area contributed by atoms with Crippen molar-refractivity contribution in [3.05, 3.63) is 10.9 Å². The summed E-state index contributed by atoms with van der Waals surface area (Å²) in [6.45, 7) is 3.97. The Morgan fingerprint density at radius 3 is 3.17 bits per heavy atom. The Morgan fingerprint density at radius 1 is 1.56 bits per heavy atom. The topological polar surface area (TPSA) is 83.7 Å². The SMILES string of the molecule is CC1CCN(c2n[nH]c(-c3cscn3)n2)CC1N. The van der Waals surface area contributed by atoms with E-state index in [1.165, 1.54) is 0 Å². The predicted octanol–water partition coefficient (Wildman–Crippen LogP) is 1.10. The standard InChI is InChI=1S/C11H16N6S/c1-7-2-3-17(4-8(7)12)11-14-10(15-16-11)9-5-18-6-13-9/h5-8H,2-4,12H2,1H3,(H,14,15,16). The van der Waals surface area contributed by atoms with Crippen LogP contribution in [0.3, 0.4) is 0 Å². The number of thiazole rings is 1. The quantitative estimate of drug-likeness (QED) is 0.848. The molecular formula is C11H16N6S. The lowest BCUT2D eigenvalue weighted by atomic mass is 9.95. The van der Waals surface area contributed by atoms with Gasteiger partial charge in [-0.2, -0.15) is 4.98 Å². The second-order valence-electron chi connectivity index (χ2n) is 4.73. The lowest BCUT2D eigenvalue weighted by molar-refractivity contribution is 0.376. The van der Waals surface area contributed by atoms with Crippen LogP contribution >= 0.6 is 11.3 Å². The summed E-state index contributed by atoms with van der Waals surface area (Å²) in [7, 11) is 0. The van der Waals surface area contributed by atoms with E-state index in [9.17, 15) is 0 Å². The van der Waals surface area contributed by atoms with Gasteiger partial charge in [0.25, 0.3) is 0 Å². The van der Waals surface area contributed by atoms with Crippen molar-refractivity contribution in [1.29, 1.82) is 0 Å². The van der Waals surface area contributed by atoms with Gasteiger partial charge in [-0.05, 0) is 12.3 Å². The van der Waals surface area contributed by atoms with Crippen LogP contribution in [0.5, 0.6) is 0 Å². The average Bonchev–Trinajstić information content (AvgIpc) is 3.01. The summed E-state index contributed by atoms with van der Waals surface area (Å²) >= 11 is 1.55. The maximum atomic E-state index is 6.09. The molecule has 0 saturated carbocycles. The van der Waals surface area contributed by atoms with Crippen molar-refractivity contribution in [2.75, 3.05) is 18.0 Å². The Bertz CT molecular complexity index is 507. The second-order valence-corrected chi connectivity index (χ2v) is 5.45. The van der Waals surface area contributed by atoms with Gasteiger partial charge in [0.2, 0.25) is 5.95 Å². The van der Waals surface area contributed by atoms with Crippen molar-refractivity contribution in [2.24, 2.45) is 11.7 Å². The summed E-state index contributed by atoms with van der Waals surface area (Å²) in [4.78, 5) is 10.8. The molecule has 0 radical (unpaired) electrons. The molecule has 1 aliphatic rings. The maximum absolute atomic E-state index is 6.09. The number of aromatic nitrogens is 4. The van der Waals surface area contributed by atoms with Gasteiger partial charge in [-0.25, -0.2) is 4.98 Å². The van der Waals surface area contributed by atoms with Crippen LogP contribution in [0.4, 0.5) is 5.95 Å². The molecule has 1 fully saturated rings. The number of nitrogens with one attached hydrogen (secondary N) is 1. The van der Waals surface area contributed by atoms with Crippen LogP contribution < -0.4 is 10.6 Å². The molecule has 0 aromatic carbocycles. The number of hydrogen-bond donors (Lipinski definition) is 2. The first-order valence-corrected chi connectivity index (χ1v) is 7.00. The minimum absolute atomic E-state index is 0.194. The van der Waals surface area contributed by atoms with Gasteiger partial charge in [-0.1, -0.05) is 6.92 Å². The molecule has 2 aromatic rings. The van der Waals surface area contributed by atoms with Crippen LogP contribution in [0.25, 0.3) is 11.5 Å². The number of anilines is 1. The highest BCUT2D eigenvalue weighted by Gasteiger charge is 2.25. The summed E-state index contributed by atoms with van der Waals surface area (Å²) in [5, 5.41) is 9.14. The molecule has 3 rings (SSSR count). The van der Waals surface area contributed by atoms with Crippen molar-refractivity contribution >= 4 is 17.3 Å². The summed E-state index contributed by atoms with van der Waals surface area (Å²) in [6.07, 6.45) is 1.09. The van der Waals surface area contributed by atoms with Gasteiger partial charge in [0.05, 0.1) is 5.51 Å². The minimum atomic E-state index is 0.194. The van der Waals surface area contributed by atoms with Gasteiger partial charge in [-0.15, -0.1) is 16.4 Å². The lowest BCUT2D eigenvalue weighted by Crippen LogP contribution is -2.48. The lowest BCUT2D eigenvalue weighted by Gasteiger charge is -2.34. The molecule has 2 aromatic heterocycles. The number of hydrogen-bond acceptors (Lipinski definition) is 6. The highest BCUT2D eigenvalue weighted by molar-refractivity contribution is 7.07. The monoisotopic (exact) mass is 264 g/mol.